The first-order valence-electron chi connectivity index (χ1n) is 13.4. The van der Waals surface area contributed by atoms with Gasteiger partial charge in [-0.05, 0) is 85.3 Å². The molecular weight excluding hydrogens is 406 g/mol. The van der Waals surface area contributed by atoms with Crippen molar-refractivity contribution < 1.29 is 12.6 Å². The number of hydrogen-bond donors (Lipinski definition) is 1. The van der Waals surface area contributed by atoms with Crippen LogP contribution in [0.15, 0.2) is 47.1 Å². The molecule has 0 saturated heterocycles. The summed E-state index contributed by atoms with van der Waals surface area (Å²) in [6.45, 7) is 3.65. The third-order valence-electron chi connectivity index (χ3n) is 9.09. The summed E-state index contributed by atoms with van der Waals surface area (Å²) in [4.78, 5) is 14.3. The van der Waals surface area contributed by atoms with E-state index in [0.717, 1.165) is 37.8 Å². The maximum atomic E-state index is 12.2. The SMILES string of the molecule is [2H]C([2H])(C)C#C[C@]1(O)CC[C@H]2[C@@H]3CCC4=CC(=O)CCC4=C3[C@@H](c3ccc(N(C)C)cc3)C[C@@]21C. The molecule has 5 rings (SSSR count). The number of aliphatic hydroxyl groups is 1. The van der Waals surface area contributed by atoms with Crippen LogP contribution >= 0.6 is 0 Å². The number of carbonyl (C=O) groups is 1. The molecule has 174 valence electrons. The van der Waals surface area contributed by atoms with Crippen molar-refractivity contribution in [1.82, 2.24) is 0 Å². The summed E-state index contributed by atoms with van der Waals surface area (Å²) >= 11 is 0. The van der Waals surface area contributed by atoms with E-state index in [1.165, 1.54) is 29.2 Å². The van der Waals surface area contributed by atoms with Crippen LogP contribution in [0.2, 0.25) is 0 Å². The Morgan fingerprint density at radius 1 is 1.18 bits per heavy atom. The van der Waals surface area contributed by atoms with Crippen LogP contribution in [-0.2, 0) is 4.79 Å². The Labute approximate surface area is 201 Å². The number of allylic oxidation sites excluding steroid dienone is 4. The van der Waals surface area contributed by atoms with Crippen molar-refractivity contribution in [3.8, 4) is 11.8 Å². The van der Waals surface area contributed by atoms with Gasteiger partial charge < -0.3 is 10.0 Å². The zero-order valence-electron chi connectivity index (χ0n) is 22.4. The van der Waals surface area contributed by atoms with Gasteiger partial charge in [-0.1, -0.05) is 37.5 Å². The highest BCUT2D eigenvalue weighted by molar-refractivity contribution is 5.93. The normalized spacial score (nSPS) is 36.5. The van der Waals surface area contributed by atoms with Gasteiger partial charge in [-0.15, -0.1) is 5.92 Å². The molecule has 4 aliphatic carbocycles. The first kappa shape index (κ1) is 20.1. The molecule has 0 aliphatic heterocycles. The monoisotopic (exact) mass is 445 g/mol. The van der Waals surface area contributed by atoms with Gasteiger partial charge in [0.05, 0.1) is 0 Å². The number of nitrogens with zero attached hydrogens (tertiary/aromatic N) is 1. The van der Waals surface area contributed by atoms with Gasteiger partial charge in [-0.25, -0.2) is 0 Å². The number of carbonyl (C=O) groups excluding carboxylic acids is 1. The van der Waals surface area contributed by atoms with E-state index in [2.05, 4.69) is 47.9 Å². The van der Waals surface area contributed by atoms with Crippen molar-refractivity contribution in [2.24, 2.45) is 17.3 Å². The predicted octanol–water partition coefficient (Wildman–Crippen LogP) is 5.80. The minimum absolute atomic E-state index is 0.161. The molecule has 0 heterocycles. The zero-order valence-corrected chi connectivity index (χ0v) is 20.4. The van der Waals surface area contributed by atoms with Crippen LogP contribution in [0.1, 0.15) is 79.4 Å². The highest BCUT2D eigenvalue weighted by atomic mass is 16.3. The molecule has 1 aromatic rings. The fourth-order valence-corrected chi connectivity index (χ4v) is 7.34. The van der Waals surface area contributed by atoms with Gasteiger partial charge in [0.15, 0.2) is 5.78 Å². The van der Waals surface area contributed by atoms with Crippen molar-refractivity contribution in [3.05, 3.63) is 52.6 Å². The highest BCUT2D eigenvalue weighted by Crippen LogP contribution is 2.66. The summed E-state index contributed by atoms with van der Waals surface area (Å²) < 4.78 is 15.8. The van der Waals surface area contributed by atoms with Crippen LogP contribution in [0.5, 0.6) is 0 Å². The van der Waals surface area contributed by atoms with Crippen molar-refractivity contribution in [2.45, 2.75) is 76.7 Å². The Balaban J connectivity index is 1.65. The van der Waals surface area contributed by atoms with Crippen molar-refractivity contribution in [1.29, 1.82) is 0 Å². The maximum Gasteiger partial charge on any atom is 0.156 e. The van der Waals surface area contributed by atoms with Gasteiger partial charge in [-0.3, -0.25) is 4.79 Å². The first-order chi connectivity index (χ1) is 16.4. The quantitative estimate of drug-likeness (QED) is 0.585. The van der Waals surface area contributed by atoms with Crippen LogP contribution in [0.4, 0.5) is 5.69 Å². The van der Waals surface area contributed by atoms with Crippen LogP contribution in [0, 0.1) is 29.1 Å². The molecule has 0 unspecified atom stereocenters. The molecule has 1 N–H and O–H groups in total. The van der Waals surface area contributed by atoms with E-state index in [1.807, 2.05) is 20.2 Å². The fraction of sp³-hybridized carbons (Fsp3) is 0.567. The van der Waals surface area contributed by atoms with E-state index in [0.29, 0.717) is 24.7 Å². The van der Waals surface area contributed by atoms with Crippen molar-refractivity contribution in [3.63, 3.8) is 0 Å². The molecular formula is C30H37NO2. The minimum atomic E-state index is -1.63. The van der Waals surface area contributed by atoms with Gasteiger partial charge >= 0.3 is 0 Å². The summed E-state index contributed by atoms with van der Waals surface area (Å²) in [5.74, 6) is 6.85. The molecule has 0 aromatic heterocycles. The molecule has 4 aliphatic rings. The molecule has 1 aromatic carbocycles. The molecule has 2 saturated carbocycles. The van der Waals surface area contributed by atoms with E-state index in [9.17, 15) is 9.90 Å². The third kappa shape index (κ3) is 3.50. The van der Waals surface area contributed by atoms with Crippen LogP contribution in [0.3, 0.4) is 0 Å². The summed E-state index contributed by atoms with van der Waals surface area (Å²) in [5.41, 5.74) is 4.93. The number of rotatable bonds is 2. The second kappa shape index (κ2) is 8.17. The van der Waals surface area contributed by atoms with Gasteiger partial charge in [-0.2, -0.15) is 0 Å². The van der Waals surface area contributed by atoms with Gasteiger partial charge in [0, 0.05) is 46.7 Å². The number of benzene rings is 1. The van der Waals surface area contributed by atoms with E-state index in [-0.39, 0.29) is 11.7 Å². The summed E-state index contributed by atoms with van der Waals surface area (Å²) in [7, 11) is 4.09. The van der Waals surface area contributed by atoms with Crippen LogP contribution in [-0.4, -0.2) is 30.6 Å². The van der Waals surface area contributed by atoms with Crippen LogP contribution < -0.4 is 4.90 Å². The van der Waals surface area contributed by atoms with Gasteiger partial charge in [0.2, 0.25) is 0 Å². The number of ketones is 1. The first-order valence-corrected chi connectivity index (χ1v) is 12.4. The molecule has 3 heteroatoms. The average Bonchev–Trinajstić information content (AvgIpc) is 3.07. The second-order valence-electron chi connectivity index (χ2n) is 10.9. The van der Waals surface area contributed by atoms with Crippen molar-refractivity contribution >= 4 is 11.5 Å². The Bertz CT molecular complexity index is 1160. The Kier molecular flexibility index (Phi) is 4.98. The molecule has 0 spiro atoms. The molecule has 5 atom stereocenters. The number of anilines is 1. The summed E-state index contributed by atoms with van der Waals surface area (Å²) in [6, 6.07) is 8.79. The van der Waals surface area contributed by atoms with E-state index in [4.69, 9.17) is 2.74 Å². The van der Waals surface area contributed by atoms with E-state index >= 15 is 0 Å². The van der Waals surface area contributed by atoms with Crippen LogP contribution in [0.25, 0.3) is 0 Å². The second-order valence-corrected chi connectivity index (χ2v) is 10.9. The number of fused-ring (bicyclic) bond motifs is 4. The molecule has 0 radical (unpaired) electrons. The molecule has 0 amide bonds. The summed E-state index contributed by atoms with van der Waals surface area (Å²) in [6.07, 6.45) is 5.88. The standard InChI is InChI=1S/C30H37NO2/c1-5-6-16-30(33)17-15-27-25-13-9-21-18-23(32)12-14-24(21)28(25)26(19-29(27,30)2)20-7-10-22(11-8-20)31(3)4/h7-8,10-11,18,25-27,33H,5,9,12-15,17,19H2,1-4H3/t25-,26+,27-,29-,30-/m0/s1/i5D2. The van der Waals surface area contributed by atoms with Gasteiger partial charge in [0.1, 0.15) is 5.60 Å². The molecule has 2 fully saturated rings. The zero-order chi connectivity index (χ0) is 25.2. The Morgan fingerprint density at radius 3 is 2.64 bits per heavy atom. The number of hydrogen-bond acceptors (Lipinski definition) is 3. The fourth-order valence-electron chi connectivity index (χ4n) is 7.34. The highest BCUT2D eigenvalue weighted by Gasteiger charge is 2.62. The lowest BCUT2D eigenvalue weighted by molar-refractivity contribution is -0.114. The maximum absolute atomic E-state index is 12.2. The average molecular weight is 446 g/mol. The van der Waals surface area contributed by atoms with Crippen molar-refractivity contribution in [2.75, 3.05) is 19.0 Å². The predicted molar refractivity (Wildman–Crippen MR) is 134 cm³/mol. The van der Waals surface area contributed by atoms with E-state index in [1.54, 1.807) is 0 Å². The lowest BCUT2D eigenvalue weighted by Gasteiger charge is -2.53. The molecule has 0 bridgehead atoms. The largest absolute Gasteiger partial charge is 0.378 e. The Morgan fingerprint density at radius 2 is 1.94 bits per heavy atom. The Hall–Kier alpha value is -2.31. The lowest BCUT2D eigenvalue weighted by atomic mass is 9.51. The smallest absolute Gasteiger partial charge is 0.156 e. The van der Waals surface area contributed by atoms with E-state index < -0.39 is 17.4 Å². The summed E-state index contributed by atoms with van der Waals surface area (Å²) in [5, 5.41) is 11.9. The third-order valence-corrected chi connectivity index (χ3v) is 9.09. The topological polar surface area (TPSA) is 40.5 Å². The van der Waals surface area contributed by atoms with Gasteiger partial charge in [0.25, 0.3) is 0 Å². The molecule has 33 heavy (non-hydrogen) atoms. The minimum Gasteiger partial charge on any atom is -0.378 e. The lowest BCUT2D eigenvalue weighted by Crippen LogP contribution is -2.51. The molecule has 3 nitrogen and oxygen atoms in total.